The van der Waals surface area contributed by atoms with Gasteiger partial charge in [-0.15, -0.1) is 11.3 Å². The van der Waals surface area contributed by atoms with E-state index in [2.05, 4.69) is 45.8 Å². The number of amides is 1. The number of carbonyl (C=O) groups is 1. The van der Waals surface area contributed by atoms with Gasteiger partial charge in [-0.05, 0) is 83.5 Å². The summed E-state index contributed by atoms with van der Waals surface area (Å²) in [7, 11) is 3.68. The van der Waals surface area contributed by atoms with Crippen LogP contribution in [0.1, 0.15) is 88.8 Å². The number of likely N-dealkylation sites (tertiary alicyclic amines) is 1. The number of rotatable bonds is 7. The number of thiophene rings is 1. The molecular weight excluding hydrogens is 602 g/mol. The number of anilines is 2. The van der Waals surface area contributed by atoms with Gasteiger partial charge >= 0.3 is 0 Å². The maximum atomic E-state index is 12.4. The molecule has 5 heterocycles. The smallest absolute Gasteiger partial charge is 0.271 e. The van der Waals surface area contributed by atoms with Crippen LogP contribution in [0.15, 0.2) is 16.8 Å². The summed E-state index contributed by atoms with van der Waals surface area (Å²) < 4.78 is 7.75. The normalized spacial score (nSPS) is 21.4. The molecule has 0 bridgehead atoms. The number of nitrogens with two attached hydrogens (primary N) is 1. The lowest BCUT2D eigenvalue weighted by Gasteiger charge is -2.39. The Morgan fingerprint density at radius 1 is 1.30 bits per heavy atom. The SMILES string of the molecule is CNC(=O)c1ccn(-c2nc(-c3noc4c3CCCC43CCCc4sc(N)c(C#N)c43)nc(NC(C)C3CCCN3C)c2C=N)n1. The summed E-state index contributed by atoms with van der Waals surface area (Å²) in [4.78, 5) is 25.8. The van der Waals surface area contributed by atoms with Crippen LogP contribution in [0.2, 0.25) is 0 Å². The van der Waals surface area contributed by atoms with Crippen LogP contribution in [-0.4, -0.2) is 74.7 Å². The molecule has 238 valence electrons. The molecule has 4 aromatic heterocycles. The molecule has 3 aliphatic rings. The zero-order valence-electron chi connectivity index (χ0n) is 26.2. The Morgan fingerprint density at radius 2 is 2.11 bits per heavy atom. The van der Waals surface area contributed by atoms with Crippen molar-refractivity contribution in [2.45, 2.75) is 75.8 Å². The maximum Gasteiger partial charge on any atom is 0.271 e. The molecule has 0 radical (unpaired) electrons. The first-order valence-electron chi connectivity index (χ1n) is 15.8. The summed E-state index contributed by atoms with van der Waals surface area (Å²) in [6.07, 6.45) is 10.2. The van der Waals surface area contributed by atoms with Gasteiger partial charge in [-0.1, -0.05) is 5.16 Å². The minimum atomic E-state index is -0.476. The molecule has 0 saturated carbocycles. The molecule has 46 heavy (non-hydrogen) atoms. The van der Waals surface area contributed by atoms with Gasteiger partial charge in [0.1, 0.15) is 16.9 Å². The van der Waals surface area contributed by atoms with E-state index in [1.54, 1.807) is 19.3 Å². The summed E-state index contributed by atoms with van der Waals surface area (Å²) in [6, 6.07) is 4.32. The lowest BCUT2D eigenvalue weighted by Crippen LogP contribution is -2.39. The number of hydrogen-bond donors (Lipinski definition) is 4. The average Bonchev–Trinajstić information content (AvgIpc) is 3.86. The van der Waals surface area contributed by atoms with Crippen molar-refractivity contribution in [2.24, 2.45) is 0 Å². The Morgan fingerprint density at radius 3 is 2.83 bits per heavy atom. The van der Waals surface area contributed by atoms with E-state index in [4.69, 9.17) is 25.6 Å². The average molecular weight is 640 g/mol. The van der Waals surface area contributed by atoms with Gasteiger partial charge in [0.15, 0.2) is 28.8 Å². The Hall–Kier alpha value is -4.61. The third kappa shape index (κ3) is 4.68. The number of nitrogens with zero attached hydrogens (tertiary/aromatic N) is 7. The van der Waals surface area contributed by atoms with Crippen LogP contribution in [-0.2, 0) is 18.3 Å². The highest BCUT2D eigenvalue weighted by molar-refractivity contribution is 7.16. The molecule has 0 aromatic carbocycles. The molecule has 1 fully saturated rings. The van der Waals surface area contributed by atoms with Crippen LogP contribution in [0.3, 0.4) is 0 Å². The Labute approximate surface area is 270 Å². The highest BCUT2D eigenvalue weighted by Crippen LogP contribution is 2.55. The number of aromatic nitrogens is 5. The highest BCUT2D eigenvalue weighted by Gasteiger charge is 2.49. The van der Waals surface area contributed by atoms with Gasteiger partial charge in [0.2, 0.25) is 0 Å². The minimum absolute atomic E-state index is 0.0319. The van der Waals surface area contributed by atoms with Crippen LogP contribution in [0.25, 0.3) is 17.3 Å². The zero-order chi connectivity index (χ0) is 32.2. The topological polar surface area (TPSA) is 188 Å². The number of nitrogen functional groups attached to an aromatic ring is 1. The fourth-order valence-corrected chi connectivity index (χ4v) is 8.93. The number of likely N-dealkylation sites (N-methyl/N-ethyl adjacent to an activating group) is 1. The zero-order valence-corrected chi connectivity index (χ0v) is 27.0. The molecule has 4 aromatic rings. The second kappa shape index (κ2) is 11.6. The second-order valence-electron chi connectivity index (χ2n) is 12.5. The van der Waals surface area contributed by atoms with Crippen LogP contribution in [0.4, 0.5) is 10.8 Å². The van der Waals surface area contributed by atoms with Crippen molar-refractivity contribution in [3.8, 4) is 23.4 Å². The van der Waals surface area contributed by atoms with Crippen LogP contribution >= 0.6 is 11.3 Å². The maximum absolute atomic E-state index is 12.4. The minimum Gasteiger partial charge on any atom is -0.389 e. The number of fused-ring (bicyclic) bond motifs is 4. The van der Waals surface area contributed by atoms with Crippen LogP contribution in [0, 0.1) is 16.7 Å². The number of nitriles is 1. The largest absolute Gasteiger partial charge is 0.389 e. The third-order valence-electron chi connectivity index (χ3n) is 9.93. The summed E-state index contributed by atoms with van der Waals surface area (Å²) in [5, 5.41) is 34.3. The molecular formula is C32H37N11O2S. The van der Waals surface area contributed by atoms with Crippen molar-refractivity contribution in [3.05, 3.63) is 50.8 Å². The lowest BCUT2D eigenvalue weighted by molar-refractivity contribution is 0.0957. The quantitative estimate of drug-likeness (QED) is 0.215. The Bertz CT molecular complexity index is 1880. The summed E-state index contributed by atoms with van der Waals surface area (Å²) in [5.41, 5.74) is 9.57. The van der Waals surface area contributed by atoms with E-state index in [9.17, 15) is 10.1 Å². The van der Waals surface area contributed by atoms with Crippen molar-refractivity contribution < 1.29 is 9.32 Å². The van der Waals surface area contributed by atoms with Gasteiger partial charge in [0.05, 0.1) is 16.5 Å². The van der Waals surface area contributed by atoms with E-state index in [1.165, 1.54) is 22.2 Å². The van der Waals surface area contributed by atoms with E-state index < -0.39 is 5.41 Å². The molecule has 3 unspecified atom stereocenters. The van der Waals surface area contributed by atoms with Gasteiger partial charge in [-0.3, -0.25) is 4.79 Å². The van der Waals surface area contributed by atoms with Gasteiger partial charge in [-0.2, -0.15) is 10.4 Å². The molecule has 1 aliphatic heterocycles. The van der Waals surface area contributed by atoms with Crippen LogP contribution in [0.5, 0.6) is 0 Å². The first-order chi connectivity index (χ1) is 22.3. The number of carbonyl (C=O) groups excluding carboxylic acids is 1. The van der Waals surface area contributed by atoms with Crippen LogP contribution < -0.4 is 16.4 Å². The molecule has 1 amide bonds. The fraction of sp³-hybridized carbons (Fsp3) is 0.469. The van der Waals surface area contributed by atoms with Gasteiger partial charge in [-0.25, -0.2) is 14.6 Å². The van der Waals surface area contributed by atoms with E-state index in [1.807, 2.05) is 0 Å². The van der Waals surface area contributed by atoms with E-state index in [0.717, 1.165) is 79.7 Å². The summed E-state index contributed by atoms with van der Waals surface area (Å²) >= 11 is 1.51. The van der Waals surface area contributed by atoms with Crippen molar-refractivity contribution >= 4 is 34.3 Å². The van der Waals surface area contributed by atoms with E-state index in [0.29, 0.717) is 45.3 Å². The van der Waals surface area contributed by atoms with E-state index in [-0.39, 0.29) is 17.6 Å². The Balaban J connectivity index is 1.38. The third-order valence-corrected chi connectivity index (χ3v) is 11.0. The molecule has 14 heteroatoms. The molecule has 7 rings (SSSR count). The predicted molar refractivity (Wildman–Crippen MR) is 175 cm³/mol. The molecule has 5 N–H and O–H groups in total. The molecule has 13 nitrogen and oxygen atoms in total. The predicted octanol–water partition coefficient (Wildman–Crippen LogP) is 4.04. The number of nitrogens with one attached hydrogen (secondary N) is 3. The van der Waals surface area contributed by atoms with Crippen molar-refractivity contribution in [1.29, 1.82) is 10.7 Å². The lowest BCUT2D eigenvalue weighted by atomic mass is 9.63. The summed E-state index contributed by atoms with van der Waals surface area (Å²) in [6.45, 7) is 3.16. The molecule has 3 atom stereocenters. The fourth-order valence-electron chi connectivity index (χ4n) is 7.77. The summed E-state index contributed by atoms with van der Waals surface area (Å²) in [5.74, 6) is 1.62. The second-order valence-corrected chi connectivity index (χ2v) is 13.6. The van der Waals surface area contributed by atoms with Crippen molar-refractivity contribution in [1.82, 2.24) is 35.1 Å². The Kier molecular flexibility index (Phi) is 7.60. The first-order valence-corrected chi connectivity index (χ1v) is 16.6. The van der Waals surface area contributed by atoms with Gasteiger partial charge in [0.25, 0.3) is 5.91 Å². The van der Waals surface area contributed by atoms with Gasteiger partial charge in [0, 0.05) is 42.0 Å². The van der Waals surface area contributed by atoms with Gasteiger partial charge < -0.3 is 31.2 Å². The van der Waals surface area contributed by atoms with Crippen molar-refractivity contribution in [2.75, 3.05) is 31.7 Å². The van der Waals surface area contributed by atoms with E-state index >= 15 is 0 Å². The molecule has 1 spiro atoms. The molecule has 2 aliphatic carbocycles. The highest BCUT2D eigenvalue weighted by atomic mass is 32.1. The van der Waals surface area contributed by atoms with Crippen molar-refractivity contribution in [3.63, 3.8) is 0 Å². The molecule has 1 saturated heterocycles. The number of aryl methyl sites for hydroxylation is 1. The first kappa shape index (κ1) is 30.1. The standard InChI is InChI=1S/C32H37N11O2S/c1-17(22-8-6-13-42(22)3)37-28-20(16-34)30(43-14-10-21(40-43)31(44)36-2)39-29(38-28)25-18-7-4-11-32(26(18)45-41-25)12-5-9-23-24(32)19(15-33)27(35)46-23/h10,14,16-17,22,34H,4-9,11-13,35H2,1-3H3,(H,36,44)(H,37,38,39). The number of hydrogen-bond acceptors (Lipinski definition) is 12. The monoisotopic (exact) mass is 639 g/mol.